The number of halogens is 1. The number of benzene rings is 1. The van der Waals surface area contributed by atoms with E-state index in [1.807, 2.05) is 19.1 Å². The van der Waals surface area contributed by atoms with Crippen LogP contribution in [-0.4, -0.2) is 44.2 Å². The van der Waals surface area contributed by atoms with Crippen molar-refractivity contribution < 1.29 is 4.74 Å². The van der Waals surface area contributed by atoms with Gasteiger partial charge in [-0.3, -0.25) is 0 Å². The topological polar surface area (TPSA) is 24.5 Å². The quantitative estimate of drug-likeness (QED) is 0.906. The monoisotopic (exact) mass is 268 g/mol. The largest absolute Gasteiger partial charge is 0.492 e. The summed E-state index contributed by atoms with van der Waals surface area (Å²) in [5.74, 6) is 0.776. The lowest BCUT2D eigenvalue weighted by Crippen LogP contribution is -2.50. The van der Waals surface area contributed by atoms with Crippen LogP contribution in [0.4, 0.5) is 0 Å². The van der Waals surface area contributed by atoms with Gasteiger partial charge in [0.15, 0.2) is 0 Å². The minimum atomic E-state index is 0.549. The molecule has 100 valence electrons. The van der Waals surface area contributed by atoms with Crippen LogP contribution in [0.1, 0.15) is 12.5 Å². The molecule has 1 fully saturated rings. The molecule has 4 heteroatoms. The molecule has 0 aliphatic carbocycles. The van der Waals surface area contributed by atoms with Crippen molar-refractivity contribution >= 4 is 11.6 Å². The fraction of sp³-hybridized carbons (Fsp3) is 0.571. The second-order valence-corrected chi connectivity index (χ2v) is 5.15. The van der Waals surface area contributed by atoms with Crippen LogP contribution in [-0.2, 0) is 6.42 Å². The fourth-order valence-corrected chi connectivity index (χ4v) is 2.56. The highest BCUT2D eigenvalue weighted by molar-refractivity contribution is 6.32. The highest BCUT2D eigenvalue weighted by atomic mass is 35.5. The zero-order valence-electron chi connectivity index (χ0n) is 11.1. The highest BCUT2D eigenvalue weighted by Crippen LogP contribution is 2.26. The van der Waals surface area contributed by atoms with E-state index in [-0.39, 0.29) is 0 Å². The summed E-state index contributed by atoms with van der Waals surface area (Å²) >= 11 is 6.21. The van der Waals surface area contributed by atoms with E-state index in [0.717, 1.165) is 31.8 Å². The molecule has 1 N–H and O–H groups in total. The van der Waals surface area contributed by atoms with E-state index in [1.165, 1.54) is 5.56 Å². The van der Waals surface area contributed by atoms with E-state index >= 15 is 0 Å². The maximum atomic E-state index is 6.21. The van der Waals surface area contributed by atoms with E-state index in [2.05, 4.69) is 23.3 Å². The second-order valence-electron chi connectivity index (χ2n) is 4.74. The third-order valence-corrected chi connectivity index (χ3v) is 3.71. The van der Waals surface area contributed by atoms with Gasteiger partial charge in [0.2, 0.25) is 0 Å². The lowest BCUT2D eigenvalue weighted by molar-refractivity contribution is 0.199. The molecule has 0 spiro atoms. The van der Waals surface area contributed by atoms with Gasteiger partial charge in [-0.2, -0.15) is 0 Å². The summed E-state index contributed by atoms with van der Waals surface area (Å²) in [5.41, 5.74) is 1.27. The SMILES string of the molecule is CCOc1ccc(CC2CNCCN2C)cc1Cl. The molecule has 0 aromatic heterocycles. The minimum absolute atomic E-state index is 0.549. The first-order valence-electron chi connectivity index (χ1n) is 6.53. The van der Waals surface area contributed by atoms with Crippen molar-refractivity contribution in [3.63, 3.8) is 0 Å². The number of piperazine rings is 1. The van der Waals surface area contributed by atoms with Gasteiger partial charge in [0.05, 0.1) is 11.6 Å². The van der Waals surface area contributed by atoms with Crippen molar-refractivity contribution in [3.05, 3.63) is 28.8 Å². The molecule has 1 saturated heterocycles. The summed E-state index contributed by atoms with van der Waals surface area (Å²) in [5, 5.41) is 4.14. The Balaban J connectivity index is 2.02. The van der Waals surface area contributed by atoms with Gasteiger partial charge >= 0.3 is 0 Å². The van der Waals surface area contributed by atoms with Gasteiger partial charge in [0.1, 0.15) is 5.75 Å². The van der Waals surface area contributed by atoms with Crippen LogP contribution in [0.5, 0.6) is 5.75 Å². The lowest BCUT2D eigenvalue weighted by Gasteiger charge is -2.33. The number of nitrogens with one attached hydrogen (secondary N) is 1. The van der Waals surface area contributed by atoms with Crippen molar-refractivity contribution in [2.24, 2.45) is 0 Å². The normalized spacial score (nSPS) is 20.9. The van der Waals surface area contributed by atoms with E-state index in [9.17, 15) is 0 Å². The van der Waals surface area contributed by atoms with Gasteiger partial charge in [-0.15, -0.1) is 0 Å². The number of ether oxygens (including phenoxy) is 1. The van der Waals surface area contributed by atoms with Crippen LogP contribution in [0.2, 0.25) is 5.02 Å². The van der Waals surface area contributed by atoms with Crippen molar-refractivity contribution in [1.29, 1.82) is 0 Å². The number of rotatable bonds is 4. The summed E-state index contributed by atoms with van der Waals surface area (Å²) in [6, 6.07) is 6.65. The summed E-state index contributed by atoms with van der Waals surface area (Å²) in [6.45, 7) is 5.84. The Hall–Kier alpha value is -0.770. The molecule has 1 aromatic rings. The Morgan fingerprint density at radius 2 is 2.33 bits per heavy atom. The molecule has 0 bridgehead atoms. The third-order valence-electron chi connectivity index (χ3n) is 3.41. The van der Waals surface area contributed by atoms with Gasteiger partial charge in [-0.05, 0) is 38.1 Å². The molecule has 1 aliphatic rings. The smallest absolute Gasteiger partial charge is 0.137 e. The first kappa shape index (κ1) is 13.7. The Bertz CT molecular complexity index is 397. The molecule has 1 unspecified atom stereocenters. The Morgan fingerprint density at radius 1 is 1.50 bits per heavy atom. The maximum absolute atomic E-state index is 6.21. The minimum Gasteiger partial charge on any atom is -0.492 e. The number of hydrogen-bond acceptors (Lipinski definition) is 3. The molecule has 0 radical (unpaired) electrons. The van der Waals surface area contributed by atoms with Crippen molar-refractivity contribution in [2.75, 3.05) is 33.3 Å². The van der Waals surface area contributed by atoms with Crippen molar-refractivity contribution in [1.82, 2.24) is 10.2 Å². The maximum Gasteiger partial charge on any atom is 0.137 e. The van der Waals surface area contributed by atoms with Crippen LogP contribution >= 0.6 is 11.6 Å². The highest BCUT2D eigenvalue weighted by Gasteiger charge is 2.19. The zero-order chi connectivity index (χ0) is 13.0. The van der Waals surface area contributed by atoms with E-state index in [0.29, 0.717) is 17.7 Å². The Morgan fingerprint density at radius 3 is 3.00 bits per heavy atom. The summed E-state index contributed by atoms with van der Waals surface area (Å²) in [6.07, 6.45) is 1.02. The van der Waals surface area contributed by atoms with Crippen LogP contribution in [0.25, 0.3) is 0 Å². The number of likely N-dealkylation sites (N-methyl/N-ethyl adjacent to an activating group) is 1. The van der Waals surface area contributed by atoms with Crippen LogP contribution < -0.4 is 10.1 Å². The number of nitrogens with zero attached hydrogens (tertiary/aromatic N) is 1. The summed E-state index contributed by atoms with van der Waals surface area (Å²) < 4.78 is 5.45. The van der Waals surface area contributed by atoms with Gasteiger partial charge in [0.25, 0.3) is 0 Å². The summed E-state index contributed by atoms with van der Waals surface area (Å²) in [4.78, 5) is 2.40. The molecular weight excluding hydrogens is 248 g/mol. The molecule has 2 rings (SSSR count). The van der Waals surface area contributed by atoms with Crippen LogP contribution in [0, 0.1) is 0 Å². The fourth-order valence-electron chi connectivity index (χ4n) is 2.31. The van der Waals surface area contributed by atoms with Crippen molar-refractivity contribution in [3.8, 4) is 5.75 Å². The van der Waals surface area contributed by atoms with Gasteiger partial charge in [0, 0.05) is 25.7 Å². The molecular formula is C14H21ClN2O. The molecule has 0 saturated carbocycles. The second kappa shape index (κ2) is 6.41. The molecule has 1 heterocycles. The van der Waals surface area contributed by atoms with Gasteiger partial charge in [-0.1, -0.05) is 17.7 Å². The Kier molecular flexibility index (Phi) is 4.87. The molecule has 3 nitrogen and oxygen atoms in total. The molecule has 18 heavy (non-hydrogen) atoms. The zero-order valence-corrected chi connectivity index (χ0v) is 11.8. The predicted octanol–water partition coefficient (Wildman–Crippen LogP) is 2.18. The molecule has 0 amide bonds. The third kappa shape index (κ3) is 3.37. The molecule has 1 aromatic carbocycles. The first-order chi connectivity index (χ1) is 8.70. The molecule has 1 atom stereocenters. The first-order valence-corrected chi connectivity index (χ1v) is 6.90. The average molecular weight is 269 g/mol. The predicted molar refractivity (Wildman–Crippen MR) is 75.6 cm³/mol. The van der Waals surface area contributed by atoms with Crippen molar-refractivity contribution in [2.45, 2.75) is 19.4 Å². The number of hydrogen-bond donors (Lipinski definition) is 1. The van der Waals surface area contributed by atoms with Crippen LogP contribution in [0.15, 0.2) is 18.2 Å². The Labute approximate surface area is 114 Å². The summed E-state index contributed by atoms with van der Waals surface area (Å²) in [7, 11) is 2.18. The van der Waals surface area contributed by atoms with E-state index in [1.54, 1.807) is 0 Å². The van der Waals surface area contributed by atoms with Gasteiger partial charge in [-0.25, -0.2) is 0 Å². The lowest BCUT2D eigenvalue weighted by atomic mass is 10.0. The van der Waals surface area contributed by atoms with Crippen LogP contribution in [0.3, 0.4) is 0 Å². The van der Waals surface area contributed by atoms with Gasteiger partial charge < -0.3 is 15.0 Å². The van der Waals surface area contributed by atoms with E-state index in [4.69, 9.17) is 16.3 Å². The average Bonchev–Trinajstić information content (AvgIpc) is 2.36. The standard InChI is InChI=1S/C14H21ClN2O/c1-3-18-14-5-4-11(9-13(14)15)8-12-10-16-6-7-17(12)2/h4-5,9,12,16H,3,6-8,10H2,1-2H3. The molecule has 1 aliphatic heterocycles. The van der Waals surface area contributed by atoms with E-state index < -0.39 is 0 Å².